The molecule has 7 nitrogen and oxygen atoms in total. The summed E-state index contributed by atoms with van der Waals surface area (Å²) in [6, 6.07) is 11.2. The van der Waals surface area contributed by atoms with Gasteiger partial charge in [0.2, 0.25) is 0 Å². The quantitative estimate of drug-likeness (QED) is 0.384. The van der Waals surface area contributed by atoms with Crippen molar-refractivity contribution in [3.05, 3.63) is 53.1 Å². The molecule has 0 aliphatic heterocycles. The molecule has 142 valence electrons. The number of primary amides is 1. The molecule has 2 aromatic rings. The second-order valence-corrected chi connectivity index (χ2v) is 6.22. The van der Waals surface area contributed by atoms with Gasteiger partial charge in [0.25, 0.3) is 5.91 Å². The van der Waals surface area contributed by atoms with E-state index in [4.69, 9.17) is 27.4 Å². The second kappa shape index (κ2) is 9.54. The molecule has 0 aliphatic rings. The fourth-order valence-electron chi connectivity index (χ4n) is 2.30. The molecule has 8 heteroatoms. The minimum Gasteiger partial charge on any atom is -0.493 e. The fraction of sp³-hybridized carbons (Fsp3) is 0.211. The van der Waals surface area contributed by atoms with Crippen molar-refractivity contribution < 1.29 is 14.3 Å². The number of amides is 1. The van der Waals surface area contributed by atoms with Gasteiger partial charge in [0.15, 0.2) is 23.2 Å². The van der Waals surface area contributed by atoms with E-state index in [1.165, 1.54) is 12.7 Å². The summed E-state index contributed by atoms with van der Waals surface area (Å²) >= 11 is 5.25. The standard InChI is InChI=1S/C19H22N4O3S/c1-12-4-6-15(13(2)8-12)22-19(27)23-21-10-14-5-7-16(17(9-14)25-3)26-11-18(20)24/h4-10H,11H2,1-3H3,(H2,20,24)(H2,22,23,27)/b21-10+. The van der Waals surface area contributed by atoms with Crippen LogP contribution in [0.2, 0.25) is 0 Å². The number of anilines is 1. The lowest BCUT2D eigenvalue weighted by Crippen LogP contribution is -2.24. The fourth-order valence-corrected chi connectivity index (χ4v) is 2.46. The molecule has 4 N–H and O–H groups in total. The highest BCUT2D eigenvalue weighted by molar-refractivity contribution is 7.80. The first-order chi connectivity index (χ1) is 12.9. The Bertz CT molecular complexity index is 868. The molecule has 0 unspecified atom stereocenters. The molecule has 0 bridgehead atoms. The van der Waals surface area contributed by atoms with Gasteiger partial charge in [-0.1, -0.05) is 17.7 Å². The van der Waals surface area contributed by atoms with Gasteiger partial charge in [-0.3, -0.25) is 10.2 Å². The van der Waals surface area contributed by atoms with Gasteiger partial charge in [0.05, 0.1) is 13.3 Å². The van der Waals surface area contributed by atoms with Crippen molar-refractivity contribution in [2.75, 3.05) is 19.0 Å². The van der Waals surface area contributed by atoms with Crippen molar-refractivity contribution in [1.29, 1.82) is 0 Å². The Balaban J connectivity index is 1.96. The van der Waals surface area contributed by atoms with E-state index in [-0.39, 0.29) is 6.61 Å². The Morgan fingerprint density at radius 1 is 1.22 bits per heavy atom. The molecule has 0 saturated carbocycles. The van der Waals surface area contributed by atoms with Gasteiger partial charge in [-0.2, -0.15) is 5.10 Å². The van der Waals surface area contributed by atoms with Gasteiger partial charge >= 0.3 is 0 Å². The third kappa shape index (κ3) is 6.27. The van der Waals surface area contributed by atoms with Crippen LogP contribution in [0.4, 0.5) is 5.69 Å². The SMILES string of the molecule is COc1cc(/C=N/NC(=S)Nc2ccc(C)cc2C)ccc1OCC(N)=O. The van der Waals surface area contributed by atoms with Crippen LogP contribution in [0, 0.1) is 13.8 Å². The first-order valence-electron chi connectivity index (χ1n) is 8.15. The van der Waals surface area contributed by atoms with Crippen LogP contribution in [0.3, 0.4) is 0 Å². The molecular weight excluding hydrogens is 364 g/mol. The number of hydrogen-bond acceptors (Lipinski definition) is 5. The summed E-state index contributed by atoms with van der Waals surface area (Å²) in [5.74, 6) is 0.335. The lowest BCUT2D eigenvalue weighted by atomic mass is 10.1. The van der Waals surface area contributed by atoms with E-state index in [1.807, 2.05) is 26.0 Å². The maximum atomic E-state index is 10.8. The van der Waals surface area contributed by atoms with E-state index in [1.54, 1.807) is 24.4 Å². The smallest absolute Gasteiger partial charge is 0.255 e. The molecule has 0 atom stereocenters. The third-order valence-corrected chi connectivity index (χ3v) is 3.76. The van der Waals surface area contributed by atoms with Crippen molar-refractivity contribution in [3.63, 3.8) is 0 Å². The predicted molar refractivity (Wildman–Crippen MR) is 111 cm³/mol. The number of rotatable bonds is 7. The number of thiocarbonyl (C=S) groups is 1. The van der Waals surface area contributed by atoms with Crippen molar-refractivity contribution in [3.8, 4) is 11.5 Å². The molecule has 2 aromatic carbocycles. The first-order valence-corrected chi connectivity index (χ1v) is 8.56. The summed E-state index contributed by atoms with van der Waals surface area (Å²) in [5, 5.41) is 7.60. The van der Waals surface area contributed by atoms with Crippen LogP contribution < -0.4 is 25.9 Å². The highest BCUT2D eigenvalue weighted by Crippen LogP contribution is 2.27. The highest BCUT2D eigenvalue weighted by atomic mass is 32.1. The zero-order valence-corrected chi connectivity index (χ0v) is 16.2. The molecule has 0 saturated heterocycles. The van der Waals surface area contributed by atoms with Crippen LogP contribution in [-0.2, 0) is 4.79 Å². The molecule has 0 aliphatic carbocycles. The molecule has 1 amide bonds. The highest BCUT2D eigenvalue weighted by Gasteiger charge is 2.06. The van der Waals surface area contributed by atoms with Crippen LogP contribution in [0.25, 0.3) is 0 Å². The van der Waals surface area contributed by atoms with E-state index >= 15 is 0 Å². The minimum absolute atomic E-state index is 0.219. The van der Waals surface area contributed by atoms with Crippen molar-refractivity contribution in [1.82, 2.24) is 5.43 Å². The average molecular weight is 386 g/mol. The summed E-state index contributed by atoms with van der Waals surface area (Å²) in [5.41, 5.74) is 11.8. The zero-order chi connectivity index (χ0) is 19.8. The lowest BCUT2D eigenvalue weighted by molar-refractivity contribution is -0.119. The zero-order valence-electron chi connectivity index (χ0n) is 15.4. The number of carbonyl (C=O) groups excluding carboxylic acids is 1. The number of aryl methyl sites for hydroxylation is 2. The van der Waals surface area contributed by atoms with Gasteiger partial charge in [-0.05, 0) is 61.5 Å². The summed E-state index contributed by atoms with van der Waals surface area (Å²) in [4.78, 5) is 10.8. The third-order valence-electron chi connectivity index (χ3n) is 3.57. The number of nitrogens with two attached hydrogens (primary N) is 1. The Labute approximate surface area is 163 Å². The van der Waals surface area contributed by atoms with Gasteiger partial charge in [0, 0.05) is 5.69 Å². The van der Waals surface area contributed by atoms with Crippen molar-refractivity contribution in [2.45, 2.75) is 13.8 Å². The van der Waals surface area contributed by atoms with Crippen LogP contribution in [-0.4, -0.2) is 31.0 Å². The molecular formula is C19H22N4O3S. The number of benzene rings is 2. The number of carbonyl (C=O) groups is 1. The van der Waals surface area contributed by atoms with Crippen molar-refractivity contribution >= 4 is 35.1 Å². The van der Waals surface area contributed by atoms with Crippen LogP contribution in [0.1, 0.15) is 16.7 Å². The molecule has 0 fully saturated rings. The van der Waals surface area contributed by atoms with E-state index in [2.05, 4.69) is 21.9 Å². The molecule has 0 aromatic heterocycles. The van der Waals surface area contributed by atoms with Crippen molar-refractivity contribution in [2.24, 2.45) is 10.8 Å². The lowest BCUT2D eigenvalue weighted by Gasteiger charge is -2.11. The number of hydrazone groups is 1. The molecule has 2 rings (SSSR count). The number of nitrogens with zero attached hydrogens (tertiary/aromatic N) is 1. The number of methoxy groups -OCH3 is 1. The summed E-state index contributed by atoms with van der Waals surface area (Å²) < 4.78 is 10.5. The Morgan fingerprint density at radius 3 is 2.67 bits per heavy atom. The first kappa shape index (κ1) is 20.2. The topological polar surface area (TPSA) is 98.0 Å². The second-order valence-electron chi connectivity index (χ2n) is 5.81. The van der Waals surface area contributed by atoms with Crippen LogP contribution in [0.15, 0.2) is 41.5 Å². The van der Waals surface area contributed by atoms with Gasteiger partial charge in [-0.15, -0.1) is 0 Å². The average Bonchev–Trinajstić information content (AvgIpc) is 2.62. The monoisotopic (exact) mass is 386 g/mol. The maximum Gasteiger partial charge on any atom is 0.255 e. The molecule has 0 radical (unpaired) electrons. The van der Waals surface area contributed by atoms with E-state index in [0.29, 0.717) is 16.6 Å². The van der Waals surface area contributed by atoms with Gasteiger partial charge < -0.3 is 20.5 Å². The Morgan fingerprint density at radius 2 is 2.00 bits per heavy atom. The molecule has 0 spiro atoms. The number of nitrogens with one attached hydrogen (secondary N) is 2. The van der Waals surface area contributed by atoms with Crippen LogP contribution in [0.5, 0.6) is 11.5 Å². The molecule has 0 heterocycles. The van der Waals surface area contributed by atoms with Crippen LogP contribution >= 0.6 is 12.2 Å². The summed E-state index contributed by atoms with van der Waals surface area (Å²) in [6.45, 7) is 3.83. The number of ether oxygens (including phenoxy) is 2. The van der Waals surface area contributed by atoms with E-state index in [9.17, 15) is 4.79 Å². The predicted octanol–water partition coefficient (Wildman–Crippen LogP) is 2.50. The summed E-state index contributed by atoms with van der Waals surface area (Å²) in [6.07, 6.45) is 1.59. The largest absolute Gasteiger partial charge is 0.493 e. The van der Waals surface area contributed by atoms with Gasteiger partial charge in [-0.25, -0.2) is 0 Å². The van der Waals surface area contributed by atoms with E-state index < -0.39 is 5.91 Å². The Kier molecular flexibility index (Phi) is 7.13. The Hall–Kier alpha value is -3.13. The number of hydrogen-bond donors (Lipinski definition) is 3. The van der Waals surface area contributed by atoms with Gasteiger partial charge in [0.1, 0.15) is 0 Å². The summed E-state index contributed by atoms with van der Waals surface area (Å²) in [7, 11) is 1.51. The van der Waals surface area contributed by atoms with E-state index in [0.717, 1.165) is 16.8 Å². The minimum atomic E-state index is -0.559. The molecule has 27 heavy (non-hydrogen) atoms. The normalized spacial score (nSPS) is 10.5. The maximum absolute atomic E-state index is 10.8.